The minimum absolute atomic E-state index is 0.606. The third-order valence-electron chi connectivity index (χ3n) is 14.1. The van der Waals surface area contributed by atoms with Crippen LogP contribution >= 0.6 is 11.3 Å². The van der Waals surface area contributed by atoms with Gasteiger partial charge in [0.25, 0.3) is 0 Å². The van der Waals surface area contributed by atoms with Gasteiger partial charge in [-0.25, -0.2) is 0 Å². The van der Waals surface area contributed by atoms with Crippen molar-refractivity contribution in [2.24, 2.45) is 23.7 Å². The molecule has 0 nitrogen and oxygen atoms in total. The maximum atomic E-state index is 2.41. The summed E-state index contributed by atoms with van der Waals surface area (Å²) in [6.07, 6.45) is 14.6. The van der Waals surface area contributed by atoms with Crippen molar-refractivity contribution in [1.82, 2.24) is 0 Å². The zero-order chi connectivity index (χ0) is 49.9. The van der Waals surface area contributed by atoms with Crippen LogP contribution in [0.1, 0.15) is 232 Å². The SMILES string of the molecule is CC(C)C1=CC2=C(C1)CC(C(C)C)=C2.CC(C)C1=CC2=C(C1)CC(C(C)C)=C2.CC(C)c1ccc(C(C)C)cc1.CC(C)c1ccc(C(C)C)s1.CC(C)c1ccc2cc(C(C)C)ccc2c1. The first-order chi connectivity index (χ1) is 31.4. The molecule has 0 saturated carbocycles. The lowest BCUT2D eigenvalue weighted by Crippen LogP contribution is -1.95. The first kappa shape index (κ1) is 55.7. The Morgan fingerprint density at radius 2 is 0.537 bits per heavy atom. The van der Waals surface area contributed by atoms with Crippen molar-refractivity contribution in [3.8, 4) is 0 Å². The first-order valence-corrected chi connectivity index (χ1v) is 27.3. The molecule has 4 aliphatic carbocycles. The largest absolute Gasteiger partial charge is 0.145 e. The summed E-state index contributed by atoms with van der Waals surface area (Å²) >= 11 is 1.95. The Hall–Kier alpha value is -3.94. The van der Waals surface area contributed by atoms with E-state index in [1.165, 1.54) is 79.6 Å². The maximum absolute atomic E-state index is 2.41. The molecule has 0 N–H and O–H groups in total. The van der Waals surface area contributed by atoms with E-state index in [0.717, 1.165) is 23.7 Å². The van der Waals surface area contributed by atoms with Crippen molar-refractivity contribution in [2.75, 3.05) is 0 Å². The molecular formula is C66H94S. The van der Waals surface area contributed by atoms with Crippen LogP contribution in [0.15, 0.2) is 142 Å². The second-order valence-electron chi connectivity index (χ2n) is 23.0. The predicted molar refractivity (Wildman–Crippen MR) is 303 cm³/mol. The van der Waals surface area contributed by atoms with Gasteiger partial charge in [-0.1, -0.05) is 257 Å². The fourth-order valence-electron chi connectivity index (χ4n) is 8.75. The highest BCUT2D eigenvalue weighted by Gasteiger charge is 2.24. The summed E-state index contributed by atoms with van der Waals surface area (Å²) in [4.78, 5) is 3.02. The zero-order valence-corrected chi connectivity index (χ0v) is 47.1. The van der Waals surface area contributed by atoms with Gasteiger partial charge in [-0.2, -0.15) is 0 Å². The summed E-state index contributed by atoms with van der Waals surface area (Å²) in [7, 11) is 0. The molecule has 4 aliphatic rings. The summed E-state index contributed by atoms with van der Waals surface area (Å²) in [5, 5.41) is 2.71. The van der Waals surface area contributed by atoms with Crippen LogP contribution in [0.5, 0.6) is 0 Å². The van der Waals surface area contributed by atoms with Gasteiger partial charge in [-0.05, 0) is 141 Å². The molecule has 4 aromatic rings. The molecule has 1 aromatic heterocycles. The highest BCUT2D eigenvalue weighted by Crippen LogP contribution is 2.42. The smallest absolute Gasteiger partial charge is 0.00737 e. The Kier molecular flexibility index (Phi) is 21.3. The Labute approximate surface area is 417 Å². The topological polar surface area (TPSA) is 0 Å². The van der Waals surface area contributed by atoms with Crippen molar-refractivity contribution in [2.45, 2.75) is 200 Å². The standard InChI is InChI=1S/C16H20.2C14H20.C12H18.C10H16S/c1-11(2)13-5-7-16-10-14(12(3)4)6-8-15(16)9-13;2*1-9(2)11-5-13-7-12(10(3)4)8-14(13)6-11;1-9(2)11-5-7-12(8-6-11)10(3)4;1-7(2)9-5-6-10(11-9)8(3)4/h5-12H,1-4H3;2*5,7,9-10H,6,8H2,1-4H3;5-10H,1-4H3;5-8H,1-4H3. The minimum atomic E-state index is 0.606. The summed E-state index contributed by atoms with van der Waals surface area (Å²) in [5.41, 5.74) is 18.6. The van der Waals surface area contributed by atoms with Crippen LogP contribution in [-0.4, -0.2) is 0 Å². The van der Waals surface area contributed by atoms with Gasteiger partial charge < -0.3 is 0 Å². The average Bonchev–Trinajstić information content (AvgIpc) is 4.11. The van der Waals surface area contributed by atoms with Gasteiger partial charge in [0, 0.05) is 9.75 Å². The van der Waals surface area contributed by atoms with Gasteiger partial charge in [0.15, 0.2) is 0 Å². The van der Waals surface area contributed by atoms with Gasteiger partial charge in [-0.15, -0.1) is 11.3 Å². The van der Waals surface area contributed by atoms with Crippen molar-refractivity contribution >= 4 is 22.1 Å². The second kappa shape index (κ2) is 25.6. The number of allylic oxidation sites excluding steroid dienone is 12. The number of benzene rings is 3. The molecule has 0 bridgehead atoms. The quantitative estimate of drug-likeness (QED) is 0.149. The number of fused-ring (bicyclic) bond motifs is 1. The molecule has 0 fully saturated rings. The van der Waals surface area contributed by atoms with Gasteiger partial charge in [0.05, 0.1) is 0 Å². The fourth-order valence-corrected chi connectivity index (χ4v) is 9.77. The molecule has 0 spiro atoms. The monoisotopic (exact) mass is 919 g/mol. The van der Waals surface area contributed by atoms with Gasteiger partial charge in [0.1, 0.15) is 0 Å². The summed E-state index contributed by atoms with van der Waals surface area (Å²) in [5.74, 6) is 6.75. The van der Waals surface area contributed by atoms with E-state index in [0.29, 0.717) is 35.5 Å². The van der Waals surface area contributed by atoms with Crippen LogP contribution in [0, 0.1) is 23.7 Å². The normalized spacial score (nSPS) is 15.3. The van der Waals surface area contributed by atoms with Crippen LogP contribution in [0.25, 0.3) is 10.8 Å². The van der Waals surface area contributed by atoms with E-state index in [9.17, 15) is 0 Å². The lowest BCUT2D eigenvalue weighted by atomic mass is 9.95. The molecule has 1 heterocycles. The summed E-state index contributed by atoms with van der Waals surface area (Å²) in [6, 6.07) is 27.1. The highest BCUT2D eigenvalue weighted by atomic mass is 32.1. The van der Waals surface area contributed by atoms with Gasteiger partial charge in [-0.3, -0.25) is 0 Å². The molecule has 0 radical (unpaired) electrons. The Bertz CT molecular complexity index is 2160. The number of thiophene rings is 1. The van der Waals surface area contributed by atoms with Crippen molar-refractivity contribution in [3.05, 3.63) is 174 Å². The van der Waals surface area contributed by atoms with E-state index in [2.05, 4.69) is 236 Å². The molecule has 8 rings (SSSR count). The number of hydrogen-bond acceptors (Lipinski definition) is 1. The second-order valence-corrected chi connectivity index (χ2v) is 24.2. The van der Waals surface area contributed by atoms with Crippen molar-refractivity contribution < 1.29 is 0 Å². The Balaban J connectivity index is 0.000000184. The summed E-state index contributed by atoms with van der Waals surface area (Å²) in [6.45, 7) is 45.2. The minimum Gasteiger partial charge on any atom is -0.145 e. The van der Waals surface area contributed by atoms with Gasteiger partial charge in [0.2, 0.25) is 0 Å². The molecule has 0 aliphatic heterocycles. The van der Waals surface area contributed by atoms with E-state index < -0.39 is 0 Å². The molecule has 0 unspecified atom stereocenters. The molecule has 0 atom stereocenters. The Morgan fingerprint density at radius 1 is 0.284 bits per heavy atom. The van der Waals surface area contributed by atoms with Crippen LogP contribution in [0.2, 0.25) is 0 Å². The van der Waals surface area contributed by atoms with Crippen molar-refractivity contribution in [1.29, 1.82) is 0 Å². The molecule has 67 heavy (non-hydrogen) atoms. The van der Waals surface area contributed by atoms with E-state index in [4.69, 9.17) is 0 Å². The molecule has 0 saturated heterocycles. The molecule has 0 amide bonds. The van der Waals surface area contributed by atoms with Gasteiger partial charge >= 0.3 is 0 Å². The van der Waals surface area contributed by atoms with Crippen molar-refractivity contribution in [3.63, 3.8) is 0 Å². The first-order valence-electron chi connectivity index (χ1n) is 26.4. The zero-order valence-electron chi connectivity index (χ0n) is 46.2. The fraction of sp³-hybridized carbons (Fsp3) is 0.515. The van der Waals surface area contributed by atoms with Crippen LogP contribution in [0.3, 0.4) is 0 Å². The highest BCUT2D eigenvalue weighted by molar-refractivity contribution is 7.12. The summed E-state index contributed by atoms with van der Waals surface area (Å²) < 4.78 is 0. The number of rotatable bonds is 10. The molecule has 3 aromatic carbocycles. The van der Waals surface area contributed by atoms with Crippen LogP contribution in [0.4, 0.5) is 0 Å². The van der Waals surface area contributed by atoms with E-state index in [1.54, 1.807) is 33.4 Å². The lowest BCUT2D eigenvalue weighted by Gasteiger charge is -2.11. The third kappa shape index (κ3) is 16.3. The average molecular weight is 920 g/mol. The van der Waals surface area contributed by atoms with E-state index in [1.807, 2.05) is 11.3 Å². The predicted octanol–water partition coefficient (Wildman–Crippen LogP) is 21.5. The number of hydrogen-bond donors (Lipinski definition) is 0. The van der Waals surface area contributed by atoms with E-state index >= 15 is 0 Å². The lowest BCUT2D eigenvalue weighted by molar-refractivity contribution is 0.719. The van der Waals surface area contributed by atoms with Crippen LogP contribution in [-0.2, 0) is 0 Å². The van der Waals surface area contributed by atoms with E-state index in [-0.39, 0.29) is 0 Å². The molecular weight excluding hydrogens is 825 g/mol. The Morgan fingerprint density at radius 3 is 0.731 bits per heavy atom. The molecule has 364 valence electrons. The molecule has 1 heteroatoms. The third-order valence-corrected chi connectivity index (χ3v) is 15.8. The maximum Gasteiger partial charge on any atom is 0.00737 e. The van der Waals surface area contributed by atoms with Crippen LogP contribution < -0.4 is 0 Å².